The molecule has 0 aliphatic heterocycles. The summed E-state index contributed by atoms with van der Waals surface area (Å²) >= 11 is 0. The monoisotopic (exact) mass is 149 g/mol. The maximum atomic E-state index is 9.30. The van der Waals surface area contributed by atoms with Crippen LogP contribution in [-0.4, -0.2) is 40.8 Å². The standard InChI is InChI=1S/C6H15NO3/c1-2-7-6(10,5-9)3-4-8/h7-10H,2-5H2,1H3. The van der Waals surface area contributed by atoms with Gasteiger partial charge < -0.3 is 15.3 Å². The van der Waals surface area contributed by atoms with Crippen molar-refractivity contribution < 1.29 is 15.3 Å². The summed E-state index contributed by atoms with van der Waals surface area (Å²) in [5, 5.41) is 29.0. The van der Waals surface area contributed by atoms with E-state index in [1.165, 1.54) is 0 Å². The number of rotatable bonds is 5. The molecule has 0 saturated carbocycles. The number of nitrogens with one attached hydrogen (secondary N) is 1. The van der Waals surface area contributed by atoms with Gasteiger partial charge in [0, 0.05) is 13.0 Å². The second kappa shape index (κ2) is 4.62. The average Bonchev–Trinajstić information content (AvgIpc) is 1.89. The number of likely N-dealkylation sites (N-methyl/N-ethyl adjacent to an activating group) is 1. The van der Waals surface area contributed by atoms with Crippen LogP contribution < -0.4 is 5.32 Å². The van der Waals surface area contributed by atoms with Crippen molar-refractivity contribution in [3.8, 4) is 0 Å². The van der Waals surface area contributed by atoms with Crippen LogP contribution in [0.3, 0.4) is 0 Å². The van der Waals surface area contributed by atoms with Gasteiger partial charge in [-0.3, -0.25) is 5.32 Å². The highest BCUT2D eigenvalue weighted by Gasteiger charge is 2.22. The van der Waals surface area contributed by atoms with E-state index in [0.29, 0.717) is 6.54 Å². The molecule has 4 N–H and O–H groups in total. The number of aliphatic hydroxyl groups excluding tert-OH is 2. The SMILES string of the molecule is CCNC(O)(CO)CCO. The van der Waals surface area contributed by atoms with Crippen LogP contribution in [0.2, 0.25) is 0 Å². The summed E-state index contributed by atoms with van der Waals surface area (Å²) in [6.45, 7) is 1.88. The topological polar surface area (TPSA) is 72.7 Å². The molecule has 0 aromatic carbocycles. The Kier molecular flexibility index (Phi) is 4.55. The lowest BCUT2D eigenvalue weighted by molar-refractivity contribution is -0.0570. The lowest BCUT2D eigenvalue weighted by Crippen LogP contribution is -2.49. The highest BCUT2D eigenvalue weighted by molar-refractivity contribution is 4.72. The molecule has 0 spiro atoms. The van der Waals surface area contributed by atoms with Crippen molar-refractivity contribution in [1.29, 1.82) is 0 Å². The maximum absolute atomic E-state index is 9.30. The molecule has 0 aromatic rings. The molecule has 0 amide bonds. The molecule has 1 atom stereocenters. The Balaban J connectivity index is 3.69. The van der Waals surface area contributed by atoms with Crippen molar-refractivity contribution in [2.24, 2.45) is 0 Å². The van der Waals surface area contributed by atoms with Crippen molar-refractivity contribution in [3.63, 3.8) is 0 Å². The van der Waals surface area contributed by atoms with E-state index in [2.05, 4.69) is 5.32 Å². The second-order valence-electron chi connectivity index (χ2n) is 2.19. The van der Waals surface area contributed by atoms with Crippen LogP contribution in [0, 0.1) is 0 Å². The molecule has 0 rings (SSSR count). The van der Waals surface area contributed by atoms with E-state index >= 15 is 0 Å². The van der Waals surface area contributed by atoms with Crippen LogP contribution >= 0.6 is 0 Å². The lowest BCUT2D eigenvalue weighted by Gasteiger charge is -2.25. The Bertz CT molecular complexity index is 81.1. The molecule has 0 bridgehead atoms. The molecule has 0 aromatic heterocycles. The van der Waals surface area contributed by atoms with Gasteiger partial charge in [0.1, 0.15) is 5.72 Å². The molecule has 10 heavy (non-hydrogen) atoms. The first kappa shape index (κ1) is 9.84. The van der Waals surface area contributed by atoms with Crippen LogP contribution in [0.15, 0.2) is 0 Å². The zero-order valence-electron chi connectivity index (χ0n) is 6.17. The van der Waals surface area contributed by atoms with Gasteiger partial charge in [-0.05, 0) is 6.54 Å². The predicted molar refractivity (Wildman–Crippen MR) is 37.4 cm³/mol. The first-order chi connectivity index (χ1) is 4.68. The fourth-order valence-corrected chi connectivity index (χ4v) is 0.737. The Morgan fingerprint density at radius 1 is 1.40 bits per heavy atom. The van der Waals surface area contributed by atoms with Gasteiger partial charge in [0.2, 0.25) is 0 Å². The predicted octanol–water partition coefficient (Wildman–Crippen LogP) is -1.34. The van der Waals surface area contributed by atoms with Crippen LogP contribution in [0.1, 0.15) is 13.3 Å². The van der Waals surface area contributed by atoms with Crippen LogP contribution in [0.5, 0.6) is 0 Å². The van der Waals surface area contributed by atoms with Gasteiger partial charge in [-0.15, -0.1) is 0 Å². The summed E-state index contributed by atoms with van der Waals surface area (Å²) in [4.78, 5) is 0. The summed E-state index contributed by atoms with van der Waals surface area (Å²) in [7, 11) is 0. The highest BCUT2D eigenvalue weighted by atomic mass is 16.3. The summed E-state index contributed by atoms with van der Waals surface area (Å²) < 4.78 is 0. The van der Waals surface area contributed by atoms with E-state index in [-0.39, 0.29) is 19.6 Å². The highest BCUT2D eigenvalue weighted by Crippen LogP contribution is 2.02. The Labute approximate surface area is 60.5 Å². The normalized spacial score (nSPS) is 16.8. The van der Waals surface area contributed by atoms with E-state index < -0.39 is 5.72 Å². The third kappa shape index (κ3) is 3.12. The molecule has 0 saturated heterocycles. The summed E-state index contributed by atoms with van der Waals surface area (Å²) in [5.74, 6) is 0. The Morgan fingerprint density at radius 3 is 2.30 bits per heavy atom. The maximum Gasteiger partial charge on any atom is 0.141 e. The fraction of sp³-hybridized carbons (Fsp3) is 1.00. The smallest absolute Gasteiger partial charge is 0.141 e. The van der Waals surface area contributed by atoms with Crippen molar-refractivity contribution in [1.82, 2.24) is 5.32 Å². The molecule has 0 heterocycles. The molecule has 1 unspecified atom stereocenters. The molecule has 4 heteroatoms. The van der Waals surface area contributed by atoms with E-state index in [4.69, 9.17) is 10.2 Å². The van der Waals surface area contributed by atoms with Crippen molar-refractivity contribution in [2.45, 2.75) is 19.1 Å². The van der Waals surface area contributed by atoms with Crippen molar-refractivity contribution in [3.05, 3.63) is 0 Å². The van der Waals surface area contributed by atoms with Gasteiger partial charge in [0.25, 0.3) is 0 Å². The zero-order valence-corrected chi connectivity index (χ0v) is 6.17. The molecular formula is C6H15NO3. The molecular weight excluding hydrogens is 134 g/mol. The van der Waals surface area contributed by atoms with Gasteiger partial charge in [-0.2, -0.15) is 0 Å². The second-order valence-corrected chi connectivity index (χ2v) is 2.19. The van der Waals surface area contributed by atoms with Gasteiger partial charge >= 0.3 is 0 Å². The van der Waals surface area contributed by atoms with Crippen molar-refractivity contribution >= 4 is 0 Å². The van der Waals surface area contributed by atoms with Gasteiger partial charge in [0.05, 0.1) is 6.61 Å². The minimum atomic E-state index is -1.30. The number of hydrogen-bond donors (Lipinski definition) is 4. The number of hydrogen-bond acceptors (Lipinski definition) is 4. The first-order valence-electron chi connectivity index (χ1n) is 3.37. The van der Waals surface area contributed by atoms with Gasteiger partial charge in [0.15, 0.2) is 0 Å². The average molecular weight is 149 g/mol. The Morgan fingerprint density at radius 2 is 2.00 bits per heavy atom. The molecule has 0 fully saturated rings. The minimum Gasteiger partial charge on any atom is -0.396 e. The van der Waals surface area contributed by atoms with Crippen LogP contribution in [-0.2, 0) is 0 Å². The summed E-state index contributed by atoms with van der Waals surface area (Å²) in [5.41, 5.74) is -1.30. The van der Waals surface area contributed by atoms with Gasteiger partial charge in [-0.1, -0.05) is 6.92 Å². The lowest BCUT2D eigenvalue weighted by atomic mass is 10.1. The van der Waals surface area contributed by atoms with E-state index in [9.17, 15) is 5.11 Å². The zero-order chi connectivity index (χ0) is 8.04. The van der Waals surface area contributed by atoms with Crippen LogP contribution in [0.4, 0.5) is 0 Å². The molecule has 62 valence electrons. The third-order valence-corrected chi connectivity index (χ3v) is 1.29. The number of aliphatic hydroxyl groups is 3. The summed E-state index contributed by atoms with van der Waals surface area (Å²) in [6.07, 6.45) is 0.150. The van der Waals surface area contributed by atoms with Crippen molar-refractivity contribution in [2.75, 3.05) is 19.8 Å². The van der Waals surface area contributed by atoms with E-state index in [0.717, 1.165) is 0 Å². The molecule has 4 nitrogen and oxygen atoms in total. The first-order valence-corrected chi connectivity index (χ1v) is 3.37. The molecule has 0 aliphatic carbocycles. The summed E-state index contributed by atoms with van der Waals surface area (Å²) in [6, 6.07) is 0. The molecule has 0 aliphatic rings. The van der Waals surface area contributed by atoms with E-state index in [1.54, 1.807) is 0 Å². The quantitative estimate of drug-likeness (QED) is 0.365. The van der Waals surface area contributed by atoms with E-state index in [1.807, 2.05) is 6.92 Å². The fourth-order valence-electron chi connectivity index (χ4n) is 0.737. The Hall–Kier alpha value is -0.160. The minimum absolute atomic E-state index is 0.135. The van der Waals surface area contributed by atoms with Crippen LogP contribution in [0.25, 0.3) is 0 Å². The van der Waals surface area contributed by atoms with Gasteiger partial charge in [-0.25, -0.2) is 0 Å². The third-order valence-electron chi connectivity index (χ3n) is 1.29. The largest absolute Gasteiger partial charge is 0.396 e. The molecule has 0 radical (unpaired) electrons.